The topological polar surface area (TPSA) is 93.1 Å². The smallest absolute Gasteiger partial charge is 0.312 e. The number of halogens is 4. The standard InChI is InChI=1S/C34H33Cl2F2N3O4/c1-31(29(43)40(17-19-11-12-19)23-10-6-9-21(13-23)20-7-4-3-5-8-20)26-16-33(37,38)18-41(26)34(32(31,2)30(44)45)24-14-22(35)15-25(36)27(24)39-28(34)42/h3-10,13-15,19,26,28,39,42H,11-12,16-18H2,1-2H3,(H,44,45)/t26?,28?,31-,32?,34-/m1/s1. The third-order valence-corrected chi connectivity index (χ3v) is 11.4. The average molecular weight is 657 g/mol. The lowest BCUT2D eigenvalue weighted by Crippen LogP contribution is -2.65. The highest BCUT2D eigenvalue weighted by molar-refractivity contribution is 6.36. The van der Waals surface area contributed by atoms with Gasteiger partial charge in [0.15, 0.2) is 0 Å². The monoisotopic (exact) mass is 655 g/mol. The van der Waals surface area contributed by atoms with Gasteiger partial charge in [0.1, 0.15) is 17.2 Å². The molecule has 1 aliphatic carbocycles. The molecule has 0 bridgehead atoms. The largest absolute Gasteiger partial charge is 0.481 e. The zero-order valence-corrected chi connectivity index (χ0v) is 26.2. The van der Waals surface area contributed by atoms with E-state index in [0.29, 0.717) is 12.2 Å². The predicted octanol–water partition coefficient (Wildman–Crippen LogP) is 6.86. The summed E-state index contributed by atoms with van der Waals surface area (Å²) in [5.41, 5.74) is -3.33. The Morgan fingerprint density at radius 2 is 1.71 bits per heavy atom. The molecule has 4 aliphatic rings. The van der Waals surface area contributed by atoms with Gasteiger partial charge in [0, 0.05) is 35.3 Å². The van der Waals surface area contributed by atoms with Crippen molar-refractivity contribution >= 4 is 46.5 Å². The highest BCUT2D eigenvalue weighted by Gasteiger charge is 2.84. The van der Waals surface area contributed by atoms with Gasteiger partial charge in [-0.25, -0.2) is 8.78 Å². The van der Waals surface area contributed by atoms with Crippen molar-refractivity contribution in [3.8, 4) is 11.1 Å². The molecular weight excluding hydrogens is 623 g/mol. The van der Waals surface area contributed by atoms with Crippen LogP contribution < -0.4 is 10.2 Å². The Hall–Kier alpha value is -3.24. The third-order valence-electron chi connectivity index (χ3n) is 10.9. The van der Waals surface area contributed by atoms with Crippen molar-refractivity contribution in [2.75, 3.05) is 23.3 Å². The first-order chi connectivity index (χ1) is 21.3. The summed E-state index contributed by atoms with van der Waals surface area (Å²) in [5.74, 6) is -5.03. The zero-order valence-electron chi connectivity index (χ0n) is 24.7. The number of anilines is 2. The van der Waals surface area contributed by atoms with Crippen molar-refractivity contribution in [1.29, 1.82) is 0 Å². The van der Waals surface area contributed by atoms with Gasteiger partial charge in [-0.3, -0.25) is 14.5 Å². The predicted molar refractivity (Wildman–Crippen MR) is 169 cm³/mol. The van der Waals surface area contributed by atoms with Crippen LogP contribution in [-0.4, -0.2) is 58.3 Å². The SMILES string of the molecule is CC1(C(=O)O)[C@@](C)(C(=O)N(CC2CC2)c2cccc(-c3ccccc3)c2)C2CC(F)(F)CN2[C@@]12c1cc(Cl)cc(Cl)c1NC2O. The maximum atomic E-state index is 15.5. The van der Waals surface area contributed by atoms with Crippen LogP contribution in [0.3, 0.4) is 0 Å². The minimum absolute atomic E-state index is 0.108. The molecular formula is C34H33Cl2F2N3O4. The second-order valence-corrected chi connectivity index (χ2v) is 14.1. The highest BCUT2D eigenvalue weighted by Crippen LogP contribution is 2.72. The Balaban J connectivity index is 1.45. The fourth-order valence-corrected chi connectivity index (χ4v) is 8.90. The highest BCUT2D eigenvalue weighted by atomic mass is 35.5. The number of aliphatic hydroxyl groups excluding tert-OH is 1. The number of benzene rings is 3. The molecule has 3 aliphatic heterocycles. The average Bonchev–Trinajstić information content (AvgIpc) is 3.66. The van der Waals surface area contributed by atoms with Crippen molar-refractivity contribution in [2.45, 2.75) is 56.8 Å². The number of alkyl halides is 2. The summed E-state index contributed by atoms with van der Waals surface area (Å²) < 4.78 is 31.1. The molecule has 1 amide bonds. The van der Waals surface area contributed by atoms with E-state index in [4.69, 9.17) is 23.2 Å². The van der Waals surface area contributed by atoms with Crippen LogP contribution in [0.4, 0.5) is 20.2 Å². The molecule has 3 unspecified atom stereocenters. The van der Waals surface area contributed by atoms with Crippen LogP contribution in [0.1, 0.15) is 38.7 Å². The lowest BCUT2D eigenvalue weighted by atomic mass is 9.54. The summed E-state index contributed by atoms with van der Waals surface area (Å²) in [6.07, 6.45) is -0.634. The van der Waals surface area contributed by atoms with Gasteiger partial charge in [-0.1, -0.05) is 65.7 Å². The van der Waals surface area contributed by atoms with Crippen molar-refractivity contribution in [3.63, 3.8) is 0 Å². The van der Waals surface area contributed by atoms with Crippen LogP contribution in [0.15, 0.2) is 66.7 Å². The molecule has 1 spiro atoms. The van der Waals surface area contributed by atoms with Gasteiger partial charge in [0.2, 0.25) is 5.91 Å². The van der Waals surface area contributed by atoms with E-state index in [1.54, 1.807) is 11.0 Å². The fraction of sp³-hybridized carbons (Fsp3) is 0.412. The van der Waals surface area contributed by atoms with Crippen LogP contribution in [0.2, 0.25) is 10.0 Å². The molecule has 3 fully saturated rings. The van der Waals surface area contributed by atoms with Crippen LogP contribution in [0, 0.1) is 16.7 Å². The van der Waals surface area contributed by atoms with Crippen LogP contribution in [0.25, 0.3) is 11.1 Å². The molecule has 3 aromatic carbocycles. The number of nitrogens with one attached hydrogen (secondary N) is 1. The number of hydrogen-bond acceptors (Lipinski definition) is 5. The van der Waals surface area contributed by atoms with E-state index in [1.807, 2.05) is 48.5 Å². The maximum Gasteiger partial charge on any atom is 0.312 e. The van der Waals surface area contributed by atoms with Crippen LogP contribution >= 0.6 is 23.2 Å². The second kappa shape index (κ2) is 10.1. The second-order valence-electron chi connectivity index (χ2n) is 13.2. The lowest BCUT2D eigenvalue weighted by Gasteiger charge is -2.49. The molecule has 3 heterocycles. The quantitative estimate of drug-likeness (QED) is 0.269. The molecule has 45 heavy (non-hydrogen) atoms. The molecule has 2 saturated heterocycles. The molecule has 7 rings (SSSR count). The summed E-state index contributed by atoms with van der Waals surface area (Å²) in [6.45, 7) is 2.34. The Kier molecular flexibility index (Phi) is 6.85. The third kappa shape index (κ3) is 4.13. The van der Waals surface area contributed by atoms with E-state index in [2.05, 4.69) is 5.32 Å². The first-order valence-corrected chi connectivity index (χ1v) is 15.8. The number of aliphatic hydroxyl groups is 1. The first kappa shape index (κ1) is 30.4. The van der Waals surface area contributed by atoms with E-state index < -0.39 is 59.4 Å². The normalized spacial score (nSPS) is 31.4. The molecule has 3 aromatic rings. The summed E-state index contributed by atoms with van der Waals surface area (Å²) >= 11 is 12.9. The number of aliphatic carboxylic acids is 1. The molecule has 5 atom stereocenters. The van der Waals surface area contributed by atoms with Crippen LogP contribution in [-0.2, 0) is 15.1 Å². The number of hydrogen-bond donors (Lipinski definition) is 3. The van der Waals surface area contributed by atoms with Gasteiger partial charge >= 0.3 is 5.97 Å². The molecule has 1 saturated carbocycles. The van der Waals surface area contributed by atoms with E-state index in [0.717, 1.165) is 24.0 Å². The Morgan fingerprint density at radius 3 is 2.38 bits per heavy atom. The Bertz CT molecular complexity index is 1720. The van der Waals surface area contributed by atoms with Crippen molar-refractivity contribution in [1.82, 2.24) is 4.90 Å². The Morgan fingerprint density at radius 1 is 1.02 bits per heavy atom. The van der Waals surface area contributed by atoms with Crippen LogP contribution in [0.5, 0.6) is 0 Å². The number of carbonyl (C=O) groups is 2. The molecule has 11 heteroatoms. The molecule has 0 aromatic heterocycles. The van der Waals surface area contributed by atoms with E-state index >= 15 is 13.6 Å². The number of carbonyl (C=O) groups excluding carboxylic acids is 1. The summed E-state index contributed by atoms with van der Waals surface area (Å²) in [6, 6.07) is 18.7. The van der Waals surface area contributed by atoms with Crippen molar-refractivity contribution in [2.24, 2.45) is 16.7 Å². The number of fused-ring (bicyclic) bond motifs is 4. The minimum Gasteiger partial charge on any atom is -0.481 e. The minimum atomic E-state index is -3.25. The van der Waals surface area contributed by atoms with Gasteiger partial charge in [0.05, 0.1) is 22.7 Å². The van der Waals surface area contributed by atoms with Gasteiger partial charge in [0.25, 0.3) is 5.92 Å². The number of carboxylic acids is 1. The summed E-state index contributed by atoms with van der Waals surface area (Å²) in [5, 5.41) is 26.1. The zero-order chi connectivity index (χ0) is 32.1. The molecule has 7 nitrogen and oxygen atoms in total. The van der Waals surface area contributed by atoms with E-state index in [9.17, 15) is 15.0 Å². The van der Waals surface area contributed by atoms with Gasteiger partial charge in [-0.15, -0.1) is 0 Å². The van der Waals surface area contributed by atoms with Gasteiger partial charge < -0.3 is 20.4 Å². The van der Waals surface area contributed by atoms with E-state index in [-0.39, 0.29) is 27.2 Å². The number of nitrogens with zero attached hydrogens (tertiary/aromatic N) is 2. The van der Waals surface area contributed by atoms with Crippen molar-refractivity contribution < 1.29 is 28.6 Å². The summed E-state index contributed by atoms with van der Waals surface area (Å²) in [7, 11) is 0. The molecule has 3 N–H and O–H groups in total. The number of amides is 1. The number of carboxylic acid groups (broad SMARTS) is 1. The first-order valence-electron chi connectivity index (χ1n) is 15.1. The Labute approximate surface area is 269 Å². The van der Waals surface area contributed by atoms with Crippen molar-refractivity contribution in [3.05, 3.63) is 82.3 Å². The number of rotatable bonds is 6. The lowest BCUT2D eigenvalue weighted by molar-refractivity contribution is -0.174. The molecule has 236 valence electrons. The van der Waals surface area contributed by atoms with E-state index in [1.165, 1.54) is 30.9 Å². The molecule has 0 radical (unpaired) electrons. The fourth-order valence-electron chi connectivity index (χ4n) is 8.35. The van der Waals surface area contributed by atoms with Gasteiger partial charge in [-0.05, 0) is 68.0 Å². The summed E-state index contributed by atoms with van der Waals surface area (Å²) in [4.78, 5) is 32.0. The maximum absolute atomic E-state index is 15.5. The van der Waals surface area contributed by atoms with Gasteiger partial charge in [-0.2, -0.15) is 0 Å².